The first-order valence-corrected chi connectivity index (χ1v) is 9.15. The van der Waals surface area contributed by atoms with Crippen molar-refractivity contribution in [2.45, 2.75) is 25.8 Å². The summed E-state index contributed by atoms with van der Waals surface area (Å²) in [5.41, 5.74) is 2.25. The van der Waals surface area contributed by atoms with Crippen molar-refractivity contribution in [3.63, 3.8) is 0 Å². The number of rotatable bonds is 5. The fraction of sp³-hybridized carbons (Fsp3) is 0.333. The third-order valence-corrected chi connectivity index (χ3v) is 4.81. The van der Waals surface area contributed by atoms with Gasteiger partial charge in [0, 0.05) is 30.4 Å². The molecule has 0 saturated carbocycles. The minimum absolute atomic E-state index is 0.0411. The lowest BCUT2D eigenvalue weighted by Gasteiger charge is -2.32. The van der Waals surface area contributed by atoms with E-state index in [1.807, 2.05) is 31.2 Å². The maximum Gasteiger partial charge on any atom is 0.251 e. The van der Waals surface area contributed by atoms with Gasteiger partial charge in [-0.2, -0.15) is 0 Å². The van der Waals surface area contributed by atoms with E-state index in [9.17, 15) is 14.0 Å². The summed E-state index contributed by atoms with van der Waals surface area (Å²) in [6.07, 6.45) is 1.61. The van der Waals surface area contributed by atoms with Gasteiger partial charge < -0.3 is 10.6 Å². The number of nitrogens with one attached hydrogen (secondary N) is 2. The third kappa shape index (κ3) is 5.37. The molecule has 1 fully saturated rings. The van der Waals surface area contributed by atoms with Crippen LogP contribution in [-0.4, -0.2) is 42.4 Å². The summed E-state index contributed by atoms with van der Waals surface area (Å²) >= 11 is 0. The molecular weight excluding hydrogens is 345 g/mol. The Kier molecular flexibility index (Phi) is 6.19. The summed E-state index contributed by atoms with van der Waals surface area (Å²) in [6, 6.07) is 13.4. The zero-order valence-corrected chi connectivity index (χ0v) is 15.4. The van der Waals surface area contributed by atoms with Crippen molar-refractivity contribution < 1.29 is 14.0 Å². The monoisotopic (exact) mass is 369 g/mol. The molecule has 2 amide bonds. The van der Waals surface area contributed by atoms with Gasteiger partial charge in [-0.1, -0.05) is 18.2 Å². The van der Waals surface area contributed by atoms with E-state index in [1.54, 1.807) is 12.1 Å². The first-order chi connectivity index (χ1) is 13.0. The smallest absolute Gasteiger partial charge is 0.251 e. The van der Waals surface area contributed by atoms with Gasteiger partial charge in [0.25, 0.3) is 5.91 Å². The van der Waals surface area contributed by atoms with Gasteiger partial charge in [-0.25, -0.2) is 4.39 Å². The van der Waals surface area contributed by atoms with Crippen LogP contribution in [0.15, 0.2) is 48.5 Å². The highest BCUT2D eigenvalue weighted by Gasteiger charge is 2.22. The fourth-order valence-electron chi connectivity index (χ4n) is 3.26. The molecular formula is C21H24FN3O2. The van der Waals surface area contributed by atoms with Gasteiger partial charge in [0.1, 0.15) is 5.82 Å². The van der Waals surface area contributed by atoms with Gasteiger partial charge in [-0.15, -0.1) is 0 Å². The Morgan fingerprint density at radius 1 is 1.07 bits per heavy atom. The number of hydrogen-bond acceptors (Lipinski definition) is 3. The molecule has 0 radical (unpaired) electrons. The molecule has 1 aliphatic heterocycles. The van der Waals surface area contributed by atoms with E-state index in [4.69, 9.17) is 0 Å². The first-order valence-electron chi connectivity index (χ1n) is 9.15. The van der Waals surface area contributed by atoms with E-state index in [0.717, 1.165) is 31.5 Å². The van der Waals surface area contributed by atoms with Gasteiger partial charge in [0.2, 0.25) is 5.91 Å². The van der Waals surface area contributed by atoms with E-state index in [1.165, 1.54) is 12.1 Å². The summed E-state index contributed by atoms with van der Waals surface area (Å²) in [7, 11) is 0. The quantitative estimate of drug-likeness (QED) is 0.852. The van der Waals surface area contributed by atoms with E-state index >= 15 is 0 Å². The molecule has 142 valence electrons. The molecule has 3 rings (SSSR count). The molecule has 2 aromatic rings. The van der Waals surface area contributed by atoms with Crippen LogP contribution in [-0.2, 0) is 4.79 Å². The number of carbonyl (C=O) groups is 2. The molecule has 1 heterocycles. The van der Waals surface area contributed by atoms with Crippen LogP contribution in [0.2, 0.25) is 0 Å². The maximum atomic E-state index is 12.9. The minimum Gasteiger partial charge on any atom is -0.349 e. The molecule has 0 spiro atoms. The van der Waals surface area contributed by atoms with Gasteiger partial charge in [-0.05, 0) is 55.7 Å². The highest BCUT2D eigenvalue weighted by molar-refractivity contribution is 5.95. The van der Waals surface area contributed by atoms with Crippen molar-refractivity contribution >= 4 is 17.5 Å². The van der Waals surface area contributed by atoms with E-state index in [2.05, 4.69) is 15.5 Å². The zero-order valence-electron chi connectivity index (χ0n) is 15.4. The number of nitrogens with zero attached hydrogens (tertiary/aromatic N) is 1. The van der Waals surface area contributed by atoms with E-state index < -0.39 is 0 Å². The summed E-state index contributed by atoms with van der Waals surface area (Å²) in [4.78, 5) is 26.6. The molecule has 0 aliphatic carbocycles. The summed E-state index contributed by atoms with van der Waals surface area (Å²) in [5.74, 6) is -0.493. The molecule has 2 N–H and O–H groups in total. The van der Waals surface area contributed by atoms with Crippen molar-refractivity contribution in [1.82, 2.24) is 10.2 Å². The summed E-state index contributed by atoms with van der Waals surface area (Å²) < 4.78 is 12.9. The van der Waals surface area contributed by atoms with Gasteiger partial charge in [0.05, 0.1) is 6.54 Å². The first kappa shape index (κ1) is 19.0. The van der Waals surface area contributed by atoms with E-state index in [0.29, 0.717) is 11.3 Å². The van der Waals surface area contributed by atoms with Crippen LogP contribution in [0.3, 0.4) is 0 Å². The Hall–Kier alpha value is -2.73. The molecule has 0 atom stereocenters. The van der Waals surface area contributed by atoms with Crippen LogP contribution in [0.4, 0.5) is 10.1 Å². The van der Waals surface area contributed by atoms with Gasteiger partial charge in [-0.3, -0.25) is 14.5 Å². The topological polar surface area (TPSA) is 61.4 Å². The molecule has 0 unspecified atom stereocenters. The third-order valence-electron chi connectivity index (χ3n) is 4.81. The maximum absolute atomic E-state index is 12.9. The number of piperidine rings is 1. The number of halogens is 1. The second kappa shape index (κ2) is 8.77. The Labute approximate surface area is 158 Å². The summed E-state index contributed by atoms with van der Waals surface area (Å²) in [5, 5.41) is 5.86. The van der Waals surface area contributed by atoms with Crippen LogP contribution in [0, 0.1) is 12.7 Å². The SMILES string of the molecule is Cc1ccccc1C(=O)NC1CCN(CC(=O)Nc2ccc(F)cc2)CC1. The molecule has 1 saturated heterocycles. The Bertz CT molecular complexity index is 799. The molecule has 5 nitrogen and oxygen atoms in total. The van der Waals surface area contributed by atoms with Crippen LogP contribution in [0.5, 0.6) is 0 Å². The number of carbonyl (C=O) groups excluding carboxylic acids is 2. The molecule has 27 heavy (non-hydrogen) atoms. The zero-order chi connectivity index (χ0) is 19.2. The van der Waals surface area contributed by atoms with Crippen LogP contribution >= 0.6 is 0 Å². The Balaban J connectivity index is 1.43. The predicted octanol–water partition coefficient (Wildman–Crippen LogP) is 2.97. The van der Waals surface area contributed by atoms with E-state index in [-0.39, 0.29) is 30.2 Å². The van der Waals surface area contributed by atoms with Crippen molar-refractivity contribution in [1.29, 1.82) is 0 Å². The van der Waals surface area contributed by atoms with Crippen molar-refractivity contribution in [2.24, 2.45) is 0 Å². The minimum atomic E-state index is -0.331. The number of likely N-dealkylation sites (tertiary alicyclic amines) is 1. The second-order valence-corrected chi connectivity index (χ2v) is 6.89. The van der Waals surface area contributed by atoms with Crippen molar-refractivity contribution in [3.8, 4) is 0 Å². The highest BCUT2D eigenvalue weighted by atomic mass is 19.1. The van der Waals surface area contributed by atoms with Gasteiger partial charge >= 0.3 is 0 Å². The van der Waals surface area contributed by atoms with Crippen molar-refractivity contribution in [3.05, 3.63) is 65.5 Å². The number of benzene rings is 2. The lowest BCUT2D eigenvalue weighted by atomic mass is 10.0. The number of amides is 2. The Morgan fingerprint density at radius 3 is 2.41 bits per heavy atom. The molecule has 6 heteroatoms. The molecule has 2 aromatic carbocycles. The van der Waals surface area contributed by atoms with Crippen molar-refractivity contribution in [2.75, 3.05) is 25.0 Å². The van der Waals surface area contributed by atoms with Gasteiger partial charge in [0.15, 0.2) is 0 Å². The lowest BCUT2D eigenvalue weighted by Crippen LogP contribution is -2.46. The highest BCUT2D eigenvalue weighted by Crippen LogP contribution is 2.14. The van der Waals surface area contributed by atoms with Crippen LogP contribution in [0.25, 0.3) is 0 Å². The summed E-state index contributed by atoms with van der Waals surface area (Å²) in [6.45, 7) is 3.71. The number of hydrogen-bond donors (Lipinski definition) is 2. The standard InChI is InChI=1S/C21H24FN3O2/c1-15-4-2-3-5-19(15)21(27)24-18-10-12-25(13-11-18)14-20(26)23-17-8-6-16(22)7-9-17/h2-9,18H,10-14H2,1H3,(H,23,26)(H,24,27). The Morgan fingerprint density at radius 2 is 1.74 bits per heavy atom. The average molecular weight is 369 g/mol. The molecule has 0 bridgehead atoms. The predicted molar refractivity (Wildman–Crippen MR) is 103 cm³/mol. The van der Waals surface area contributed by atoms with Crippen LogP contribution < -0.4 is 10.6 Å². The fourth-order valence-corrected chi connectivity index (χ4v) is 3.26. The lowest BCUT2D eigenvalue weighted by molar-refractivity contribution is -0.117. The molecule has 1 aliphatic rings. The molecule has 0 aromatic heterocycles. The normalized spacial score (nSPS) is 15.3. The largest absolute Gasteiger partial charge is 0.349 e. The van der Waals surface area contributed by atoms with Crippen LogP contribution in [0.1, 0.15) is 28.8 Å². The number of aryl methyl sites for hydroxylation is 1. The average Bonchev–Trinajstić information content (AvgIpc) is 2.65. The second-order valence-electron chi connectivity index (χ2n) is 6.89. The number of anilines is 1.